The number of rotatable bonds is 6. The van der Waals surface area contributed by atoms with Gasteiger partial charge < -0.3 is 4.90 Å². The molecule has 0 spiro atoms. The molecule has 0 saturated heterocycles. The van der Waals surface area contributed by atoms with E-state index in [1.165, 1.54) is 24.1 Å². The molecule has 1 N–H and O–H groups in total. The molecular formula is C16H17FN2OS. The predicted molar refractivity (Wildman–Crippen MR) is 85.4 cm³/mol. The van der Waals surface area contributed by atoms with E-state index >= 15 is 0 Å². The topological polar surface area (TPSA) is 32.3 Å². The third-order valence-electron chi connectivity index (χ3n) is 2.94. The van der Waals surface area contributed by atoms with E-state index in [1.807, 2.05) is 43.3 Å². The Bertz CT molecular complexity index is 597. The van der Waals surface area contributed by atoms with Gasteiger partial charge in [-0.05, 0) is 60.5 Å². The summed E-state index contributed by atoms with van der Waals surface area (Å²) in [5.74, 6) is -0.244. The minimum Gasteiger partial charge on any atom is -0.378 e. The molecule has 0 amide bonds. The monoisotopic (exact) mass is 304 g/mol. The maximum absolute atomic E-state index is 12.8. The SMILES string of the molecule is CN(C)c1ccc(C(=O)CNSc2ccc(F)cc2)cc1. The highest BCUT2D eigenvalue weighted by Gasteiger charge is 2.06. The van der Waals surface area contributed by atoms with Gasteiger partial charge in [-0.15, -0.1) is 0 Å². The molecule has 0 aliphatic carbocycles. The van der Waals surface area contributed by atoms with E-state index in [0.717, 1.165) is 10.6 Å². The van der Waals surface area contributed by atoms with Crippen molar-refractivity contribution < 1.29 is 9.18 Å². The Balaban J connectivity index is 1.85. The average molecular weight is 304 g/mol. The number of nitrogens with zero attached hydrogens (tertiary/aromatic N) is 1. The van der Waals surface area contributed by atoms with Crippen molar-refractivity contribution in [3.8, 4) is 0 Å². The van der Waals surface area contributed by atoms with Crippen molar-refractivity contribution in [1.29, 1.82) is 0 Å². The van der Waals surface area contributed by atoms with Crippen molar-refractivity contribution in [3.63, 3.8) is 0 Å². The van der Waals surface area contributed by atoms with E-state index < -0.39 is 0 Å². The van der Waals surface area contributed by atoms with Gasteiger partial charge in [-0.1, -0.05) is 0 Å². The number of carbonyl (C=O) groups is 1. The Morgan fingerprint density at radius 2 is 1.71 bits per heavy atom. The Kier molecular flexibility index (Phi) is 5.36. The molecule has 0 fully saturated rings. The minimum atomic E-state index is -0.267. The zero-order valence-corrected chi connectivity index (χ0v) is 12.8. The van der Waals surface area contributed by atoms with E-state index in [1.54, 1.807) is 12.1 Å². The molecule has 2 rings (SSSR count). The first-order chi connectivity index (χ1) is 10.1. The van der Waals surface area contributed by atoms with E-state index in [-0.39, 0.29) is 18.1 Å². The molecular weight excluding hydrogens is 287 g/mol. The molecule has 0 atom stereocenters. The quantitative estimate of drug-likeness (QED) is 0.655. The van der Waals surface area contributed by atoms with Crippen molar-refractivity contribution >= 4 is 23.4 Å². The summed E-state index contributed by atoms with van der Waals surface area (Å²) in [5.41, 5.74) is 1.73. The average Bonchev–Trinajstić information content (AvgIpc) is 2.49. The number of ketones is 1. The number of anilines is 1. The molecule has 5 heteroatoms. The van der Waals surface area contributed by atoms with Crippen LogP contribution in [0.3, 0.4) is 0 Å². The first kappa shape index (κ1) is 15.5. The van der Waals surface area contributed by atoms with Gasteiger partial charge in [0.1, 0.15) is 5.82 Å². The van der Waals surface area contributed by atoms with Crippen LogP contribution in [0.5, 0.6) is 0 Å². The van der Waals surface area contributed by atoms with Crippen LogP contribution in [0, 0.1) is 5.82 Å². The van der Waals surface area contributed by atoms with Gasteiger partial charge in [0.15, 0.2) is 5.78 Å². The maximum atomic E-state index is 12.8. The van der Waals surface area contributed by atoms with Gasteiger partial charge in [-0.2, -0.15) is 0 Å². The lowest BCUT2D eigenvalue weighted by Crippen LogP contribution is -2.17. The zero-order chi connectivity index (χ0) is 15.2. The van der Waals surface area contributed by atoms with Gasteiger partial charge in [0.2, 0.25) is 0 Å². The molecule has 0 aliphatic rings. The van der Waals surface area contributed by atoms with Gasteiger partial charge in [-0.3, -0.25) is 9.52 Å². The molecule has 21 heavy (non-hydrogen) atoms. The second-order valence-electron chi connectivity index (χ2n) is 4.74. The summed E-state index contributed by atoms with van der Waals surface area (Å²) in [7, 11) is 3.91. The molecule has 2 aromatic carbocycles. The van der Waals surface area contributed by atoms with Crippen LogP contribution in [0.1, 0.15) is 10.4 Å². The number of nitrogens with one attached hydrogen (secondary N) is 1. The van der Waals surface area contributed by atoms with E-state index in [9.17, 15) is 9.18 Å². The molecule has 0 radical (unpaired) electrons. The van der Waals surface area contributed by atoms with Crippen LogP contribution < -0.4 is 9.62 Å². The highest BCUT2D eigenvalue weighted by Crippen LogP contribution is 2.15. The minimum absolute atomic E-state index is 0.0231. The standard InChI is InChI=1S/C16H17FN2OS/c1-19(2)14-7-3-12(4-8-14)16(20)11-18-21-15-9-5-13(17)6-10-15/h3-10,18H,11H2,1-2H3. The number of carbonyl (C=O) groups excluding carboxylic acids is 1. The molecule has 2 aromatic rings. The summed E-state index contributed by atoms with van der Waals surface area (Å²) in [4.78, 5) is 14.9. The fourth-order valence-corrected chi connectivity index (χ4v) is 2.38. The fraction of sp³-hybridized carbons (Fsp3) is 0.188. The number of Topliss-reactive ketones (excluding diaryl/α,β-unsaturated/α-hetero) is 1. The summed E-state index contributed by atoms with van der Waals surface area (Å²) in [6.07, 6.45) is 0. The Morgan fingerprint density at radius 1 is 1.10 bits per heavy atom. The number of hydrogen-bond acceptors (Lipinski definition) is 4. The van der Waals surface area contributed by atoms with Crippen LogP contribution in [0.2, 0.25) is 0 Å². The summed E-state index contributed by atoms with van der Waals surface area (Å²) in [6.45, 7) is 0.226. The third kappa shape index (κ3) is 4.58. The molecule has 0 aromatic heterocycles. The van der Waals surface area contributed by atoms with Crippen molar-refractivity contribution in [3.05, 3.63) is 59.9 Å². The largest absolute Gasteiger partial charge is 0.378 e. The summed E-state index contributed by atoms with van der Waals surface area (Å²) in [6, 6.07) is 13.6. The molecule has 3 nitrogen and oxygen atoms in total. The summed E-state index contributed by atoms with van der Waals surface area (Å²) < 4.78 is 15.8. The molecule has 110 valence electrons. The van der Waals surface area contributed by atoms with Crippen molar-refractivity contribution in [1.82, 2.24) is 4.72 Å². The van der Waals surface area contributed by atoms with Gasteiger partial charge in [0, 0.05) is 30.2 Å². The lowest BCUT2D eigenvalue weighted by molar-refractivity contribution is 0.0998. The summed E-state index contributed by atoms with van der Waals surface area (Å²) in [5, 5.41) is 0. The van der Waals surface area contributed by atoms with Gasteiger partial charge in [0.05, 0.1) is 6.54 Å². The Hall–Kier alpha value is -1.85. The van der Waals surface area contributed by atoms with Crippen LogP contribution in [-0.2, 0) is 0 Å². The molecule has 0 unspecified atom stereocenters. The molecule has 0 bridgehead atoms. The second kappa shape index (κ2) is 7.24. The van der Waals surface area contributed by atoms with Crippen LogP contribution in [0.15, 0.2) is 53.4 Å². The number of halogens is 1. The van der Waals surface area contributed by atoms with Crippen molar-refractivity contribution in [2.24, 2.45) is 0 Å². The number of benzene rings is 2. The van der Waals surface area contributed by atoms with Crippen LogP contribution in [-0.4, -0.2) is 26.4 Å². The Labute approximate surface area is 128 Å². The van der Waals surface area contributed by atoms with Gasteiger partial charge >= 0.3 is 0 Å². The smallest absolute Gasteiger partial charge is 0.177 e. The first-order valence-corrected chi connectivity index (χ1v) is 7.34. The van der Waals surface area contributed by atoms with E-state index in [2.05, 4.69) is 4.72 Å². The lowest BCUT2D eigenvalue weighted by Gasteiger charge is -2.12. The van der Waals surface area contributed by atoms with Crippen LogP contribution in [0.25, 0.3) is 0 Å². The highest BCUT2D eigenvalue weighted by atomic mass is 32.2. The van der Waals surface area contributed by atoms with Gasteiger partial charge in [0.25, 0.3) is 0 Å². The highest BCUT2D eigenvalue weighted by molar-refractivity contribution is 7.97. The van der Waals surface area contributed by atoms with E-state index in [4.69, 9.17) is 0 Å². The first-order valence-electron chi connectivity index (χ1n) is 6.52. The molecule has 0 aliphatic heterocycles. The number of hydrogen-bond donors (Lipinski definition) is 1. The Morgan fingerprint density at radius 3 is 2.29 bits per heavy atom. The lowest BCUT2D eigenvalue weighted by atomic mass is 10.1. The van der Waals surface area contributed by atoms with Crippen LogP contribution >= 0.6 is 11.9 Å². The van der Waals surface area contributed by atoms with E-state index in [0.29, 0.717) is 5.56 Å². The normalized spacial score (nSPS) is 10.4. The molecule has 0 saturated carbocycles. The van der Waals surface area contributed by atoms with Crippen molar-refractivity contribution in [2.45, 2.75) is 4.90 Å². The fourth-order valence-electron chi connectivity index (χ4n) is 1.74. The predicted octanol–water partition coefficient (Wildman–Crippen LogP) is 3.37. The second-order valence-corrected chi connectivity index (χ2v) is 5.71. The third-order valence-corrected chi connectivity index (χ3v) is 3.74. The maximum Gasteiger partial charge on any atom is 0.177 e. The van der Waals surface area contributed by atoms with Gasteiger partial charge in [-0.25, -0.2) is 4.39 Å². The van der Waals surface area contributed by atoms with Crippen molar-refractivity contribution in [2.75, 3.05) is 25.5 Å². The van der Waals surface area contributed by atoms with Crippen LogP contribution in [0.4, 0.5) is 10.1 Å². The molecule has 0 heterocycles. The zero-order valence-electron chi connectivity index (χ0n) is 12.0. The summed E-state index contributed by atoms with van der Waals surface area (Å²) >= 11 is 1.31.